The number of nitrogens with one attached hydrogen (secondary N) is 6. The van der Waals surface area contributed by atoms with E-state index in [9.17, 15) is 38.4 Å². The van der Waals surface area contributed by atoms with Crippen LogP contribution in [-0.2, 0) is 44.8 Å². The summed E-state index contributed by atoms with van der Waals surface area (Å²) in [6.45, 7) is 6.16. The third-order valence-corrected chi connectivity index (χ3v) is 18.8. The SMILES string of the molecule is CNC(=O)C[C@@H]1NC(=O)c2csc(n2)-c2ccc(-c3nc(NC(=O)CCCCC(=O)OC)cs3)nc2-c2csc(n2)-c2csc(n2)[C@H]([C@@H](OC(C)=O)c2ccccc2)NC(=O)CNC(=O)c2nc(sc2COC)[C@H](C(C)C)NC(=O)c2nc1sc2C. The molecule has 0 saturated heterocycles. The first-order valence-electron chi connectivity index (χ1n) is 26.7. The van der Waals surface area contributed by atoms with Crippen molar-refractivity contribution >= 4 is 121 Å². The quantitative estimate of drug-likeness (QED) is 0.0413. The lowest BCUT2D eigenvalue weighted by Gasteiger charge is -2.26. The first-order chi connectivity index (χ1) is 41.4. The predicted molar refractivity (Wildman–Crippen MR) is 326 cm³/mol. The largest absolute Gasteiger partial charge is 0.469 e. The van der Waals surface area contributed by atoms with Gasteiger partial charge in [-0.2, -0.15) is 0 Å². The number of pyridine rings is 1. The van der Waals surface area contributed by atoms with E-state index in [-0.39, 0.29) is 65.8 Å². The van der Waals surface area contributed by atoms with Crippen LogP contribution in [0.4, 0.5) is 5.82 Å². The number of methoxy groups -OCH3 is 2. The topological polar surface area (TPSA) is 327 Å². The van der Waals surface area contributed by atoms with Gasteiger partial charge in [0.15, 0.2) is 6.10 Å². The molecule has 448 valence electrons. The molecule has 24 nitrogen and oxygen atoms in total. The number of hydrogen-bond donors (Lipinski definition) is 6. The molecule has 6 amide bonds. The average Bonchev–Trinajstić information content (AvgIpc) is 2.06. The van der Waals surface area contributed by atoms with E-state index in [2.05, 4.69) is 36.9 Å². The van der Waals surface area contributed by atoms with E-state index in [0.29, 0.717) is 87.4 Å². The Labute approximate surface area is 516 Å². The highest BCUT2D eigenvalue weighted by Gasteiger charge is 2.35. The number of ether oxygens (including phenoxy) is 3. The molecular formula is C56H57N13O11S6. The highest BCUT2D eigenvalue weighted by molar-refractivity contribution is 7.15. The third-order valence-electron chi connectivity index (χ3n) is 13.0. The van der Waals surface area contributed by atoms with Gasteiger partial charge in [0, 0.05) is 65.9 Å². The van der Waals surface area contributed by atoms with Crippen molar-refractivity contribution in [3.05, 3.63) is 111 Å². The Balaban J connectivity index is 1.12. The van der Waals surface area contributed by atoms with Crippen LogP contribution in [0.15, 0.2) is 64.0 Å². The molecule has 0 saturated carbocycles. The summed E-state index contributed by atoms with van der Waals surface area (Å²) >= 11 is 7.16. The Hall–Kier alpha value is -8.13. The number of carbonyl (C=O) groups excluding carboxylic acids is 8. The highest BCUT2D eigenvalue weighted by Crippen LogP contribution is 2.41. The minimum Gasteiger partial charge on any atom is -0.469 e. The Morgan fingerprint density at radius 1 is 0.663 bits per heavy atom. The van der Waals surface area contributed by atoms with Crippen molar-refractivity contribution in [2.45, 2.75) is 90.6 Å². The fourth-order valence-corrected chi connectivity index (χ4v) is 14.3. The van der Waals surface area contributed by atoms with Crippen LogP contribution >= 0.6 is 68.0 Å². The summed E-state index contributed by atoms with van der Waals surface area (Å²) in [5.41, 5.74) is 2.69. The van der Waals surface area contributed by atoms with Crippen molar-refractivity contribution in [3.8, 4) is 43.4 Å². The number of benzene rings is 1. The highest BCUT2D eigenvalue weighted by atomic mass is 32.1. The van der Waals surface area contributed by atoms with E-state index in [0.717, 1.165) is 22.7 Å². The molecule has 86 heavy (non-hydrogen) atoms. The normalized spacial score (nSPS) is 16.0. The van der Waals surface area contributed by atoms with Crippen LogP contribution in [0, 0.1) is 12.8 Å². The van der Waals surface area contributed by atoms with E-state index in [1.54, 1.807) is 70.9 Å². The van der Waals surface area contributed by atoms with Gasteiger partial charge in [-0.25, -0.2) is 34.9 Å². The number of unbranched alkanes of at least 4 members (excludes halogenated alkanes) is 1. The van der Waals surface area contributed by atoms with Gasteiger partial charge in [-0.15, -0.1) is 68.0 Å². The van der Waals surface area contributed by atoms with Crippen molar-refractivity contribution in [1.29, 1.82) is 0 Å². The van der Waals surface area contributed by atoms with Crippen LogP contribution in [0.5, 0.6) is 0 Å². The number of aromatic nitrogens is 7. The fraction of sp³-hybridized carbons (Fsp3) is 0.339. The smallest absolute Gasteiger partial charge is 0.305 e. The van der Waals surface area contributed by atoms with Gasteiger partial charge in [0.25, 0.3) is 17.7 Å². The number of fused-ring (bicyclic) bond motifs is 14. The summed E-state index contributed by atoms with van der Waals surface area (Å²) in [7, 11) is 4.25. The fourth-order valence-electron chi connectivity index (χ4n) is 8.80. The second-order valence-corrected chi connectivity index (χ2v) is 25.4. The molecule has 1 aliphatic heterocycles. The van der Waals surface area contributed by atoms with E-state index < -0.39 is 66.3 Å². The van der Waals surface area contributed by atoms with Gasteiger partial charge in [0.05, 0.1) is 49.3 Å². The summed E-state index contributed by atoms with van der Waals surface area (Å²) in [6, 6.07) is 9.55. The number of anilines is 1. The van der Waals surface area contributed by atoms with Crippen molar-refractivity contribution < 1.29 is 52.6 Å². The second kappa shape index (κ2) is 28.4. The van der Waals surface area contributed by atoms with E-state index in [1.165, 1.54) is 73.5 Å². The number of amides is 6. The Morgan fingerprint density at radius 2 is 1.37 bits per heavy atom. The molecule has 0 fully saturated rings. The first-order valence-corrected chi connectivity index (χ1v) is 31.8. The van der Waals surface area contributed by atoms with Crippen LogP contribution in [0.2, 0.25) is 0 Å². The lowest BCUT2D eigenvalue weighted by molar-refractivity contribution is -0.149. The molecule has 6 N–H and O–H groups in total. The molecule has 8 aromatic rings. The molecular weight excluding hydrogens is 1220 g/mol. The van der Waals surface area contributed by atoms with Gasteiger partial charge in [-0.3, -0.25) is 38.4 Å². The maximum atomic E-state index is 14.3. The Kier molecular flexibility index (Phi) is 20.6. The van der Waals surface area contributed by atoms with Gasteiger partial charge >= 0.3 is 11.9 Å². The zero-order valence-corrected chi connectivity index (χ0v) is 52.2. The van der Waals surface area contributed by atoms with Gasteiger partial charge in [-0.05, 0) is 43.4 Å². The van der Waals surface area contributed by atoms with Crippen molar-refractivity contribution in [2.75, 3.05) is 33.1 Å². The molecule has 10 bridgehead atoms. The molecule has 1 aromatic carbocycles. The molecule has 0 radical (unpaired) electrons. The number of aryl methyl sites for hydroxylation is 1. The molecule has 1 aliphatic rings. The number of hydrogen-bond acceptors (Lipinski definition) is 24. The standard InChI is InChI=1S/C56H57N13O11S6/c1-26(2)42-56-69-45(36(86-56)21-78-6)49(76)58-20-40(73)66-46(47(80-28(4)70)29-13-9-8-10-14-29)55-63-35(24-83-55)53-61-33(22-82-53)44-30(17-18-31(59-44)52-65-37(25-84-52)64-38(71)15-11-12-16-41(74)79-7)51-62-34(23-81-51)48(75)60-32(19-39(72)57-5)54-68-43(27(3)85-54)50(77)67-42/h8-10,13-14,17-18,22-26,32,42,46-47H,11-12,15-16,19-21H2,1-7H3,(H,57,72)(H,58,76)(H,60,75)(H,64,71)(H,66,73)(H,67,77)/t32-,42-,46-,47-/m0/s1. The second-order valence-electron chi connectivity index (χ2n) is 19.6. The first kappa shape index (κ1) is 62.4. The van der Waals surface area contributed by atoms with Crippen LogP contribution in [0.3, 0.4) is 0 Å². The summed E-state index contributed by atoms with van der Waals surface area (Å²) in [6.07, 6.45) is 0.0146. The van der Waals surface area contributed by atoms with Gasteiger partial charge in [0.1, 0.15) is 76.1 Å². The molecule has 30 heteroatoms. The van der Waals surface area contributed by atoms with E-state index in [4.69, 9.17) is 44.1 Å². The van der Waals surface area contributed by atoms with Crippen molar-refractivity contribution in [3.63, 3.8) is 0 Å². The Morgan fingerprint density at radius 3 is 2.12 bits per heavy atom. The van der Waals surface area contributed by atoms with Crippen LogP contribution in [-0.4, -0.2) is 110 Å². The van der Waals surface area contributed by atoms with E-state index in [1.807, 2.05) is 13.8 Å². The number of nitrogens with zero attached hydrogens (tertiary/aromatic N) is 7. The minimum atomic E-state index is -1.08. The lowest BCUT2D eigenvalue weighted by atomic mass is 10.0. The summed E-state index contributed by atoms with van der Waals surface area (Å²) in [5.74, 6) is -4.14. The molecule has 4 atom stereocenters. The summed E-state index contributed by atoms with van der Waals surface area (Å²) in [5, 5.41) is 26.1. The minimum absolute atomic E-state index is 0.0135. The molecule has 0 unspecified atom stereocenters. The summed E-state index contributed by atoms with van der Waals surface area (Å²) < 4.78 is 16.1. The molecule has 8 heterocycles. The van der Waals surface area contributed by atoms with Crippen molar-refractivity contribution in [1.82, 2.24) is 61.5 Å². The average molecular weight is 1280 g/mol. The maximum Gasteiger partial charge on any atom is 0.305 e. The van der Waals surface area contributed by atoms with Crippen LogP contribution < -0.4 is 31.9 Å². The number of esters is 2. The van der Waals surface area contributed by atoms with Crippen molar-refractivity contribution in [2.24, 2.45) is 5.92 Å². The molecule has 9 rings (SSSR count). The zero-order valence-electron chi connectivity index (χ0n) is 47.3. The number of rotatable bonds is 15. The van der Waals surface area contributed by atoms with Gasteiger partial charge in [-0.1, -0.05) is 44.2 Å². The third kappa shape index (κ3) is 15.1. The zero-order chi connectivity index (χ0) is 61.2. The Bertz CT molecular complexity index is 3810. The van der Waals surface area contributed by atoms with Crippen LogP contribution in [0.25, 0.3) is 43.4 Å². The molecule has 0 spiro atoms. The predicted octanol–water partition coefficient (Wildman–Crippen LogP) is 8.55. The van der Waals surface area contributed by atoms with Crippen LogP contribution in [0.1, 0.15) is 139 Å². The number of carbonyl (C=O) groups is 8. The number of thiazole rings is 6. The summed E-state index contributed by atoms with van der Waals surface area (Å²) in [4.78, 5) is 142. The van der Waals surface area contributed by atoms with Gasteiger partial charge in [0.2, 0.25) is 17.7 Å². The van der Waals surface area contributed by atoms with E-state index >= 15 is 0 Å². The molecule has 7 aromatic heterocycles. The van der Waals surface area contributed by atoms with Gasteiger partial charge < -0.3 is 46.1 Å². The monoisotopic (exact) mass is 1280 g/mol. The molecule has 0 aliphatic carbocycles. The maximum absolute atomic E-state index is 14.3. The lowest BCUT2D eigenvalue weighted by Crippen LogP contribution is -2.41.